The summed E-state index contributed by atoms with van der Waals surface area (Å²) in [4.78, 5) is 12.2. The van der Waals surface area contributed by atoms with Crippen LogP contribution in [0.1, 0.15) is 16.3 Å². The van der Waals surface area contributed by atoms with E-state index in [0.717, 1.165) is 0 Å². The predicted molar refractivity (Wildman–Crippen MR) is 95.4 cm³/mol. The van der Waals surface area contributed by atoms with Crippen molar-refractivity contribution >= 4 is 11.6 Å². The molecule has 0 radical (unpaired) electrons. The number of furan rings is 1. The molecule has 0 bridgehead atoms. The number of nitrogens with one attached hydrogen (secondary N) is 1. The Morgan fingerprint density at radius 2 is 1.52 bits per heavy atom. The normalized spacial score (nSPS) is 11.2. The number of carbonyl (C=O) groups excluding carboxylic acids is 1. The lowest BCUT2D eigenvalue weighted by molar-refractivity contribution is -0.153. The van der Waals surface area contributed by atoms with Crippen LogP contribution in [0.3, 0.4) is 0 Å². The molecule has 0 fully saturated rings. The molecular weight excluding hydrogens is 394 g/mol. The number of ether oxygens (including phenoxy) is 2. The van der Waals surface area contributed by atoms with Gasteiger partial charge in [-0.1, -0.05) is 0 Å². The van der Waals surface area contributed by atoms with E-state index in [1.807, 2.05) is 0 Å². The summed E-state index contributed by atoms with van der Waals surface area (Å²) in [5, 5.41) is 2.56. The Hall–Kier alpha value is -3.49. The van der Waals surface area contributed by atoms with Crippen LogP contribution in [0.15, 0.2) is 65.1 Å². The van der Waals surface area contributed by atoms with E-state index in [2.05, 4.69) is 10.1 Å². The predicted octanol–water partition coefficient (Wildman–Crippen LogP) is 5.19. The molecule has 0 aliphatic rings. The number of halogens is 4. The van der Waals surface area contributed by atoms with Crippen LogP contribution in [0.4, 0.5) is 23.2 Å². The van der Waals surface area contributed by atoms with Gasteiger partial charge < -0.3 is 19.2 Å². The fraction of sp³-hybridized carbons (Fsp3) is 0.150. The Bertz CT molecular complexity index is 950. The number of anilines is 1. The topological polar surface area (TPSA) is 60.7 Å². The molecule has 5 nitrogen and oxygen atoms in total. The first kappa shape index (κ1) is 20.2. The van der Waals surface area contributed by atoms with E-state index in [9.17, 15) is 22.4 Å². The minimum Gasteiger partial charge on any atom is -0.486 e. The van der Waals surface area contributed by atoms with E-state index in [1.165, 1.54) is 54.6 Å². The molecular formula is C20H15F4NO4. The number of benzene rings is 2. The molecule has 29 heavy (non-hydrogen) atoms. The Labute approximate surface area is 162 Å². The summed E-state index contributed by atoms with van der Waals surface area (Å²) in [6.45, 7) is -1.35. The highest BCUT2D eigenvalue weighted by atomic mass is 19.4. The van der Waals surface area contributed by atoms with E-state index in [1.54, 1.807) is 6.07 Å². The molecule has 9 heteroatoms. The Morgan fingerprint density at radius 3 is 2.17 bits per heavy atom. The maximum absolute atomic E-state index is 12.9. The average molecular weight is 409 g/mol. The molecule has 1 N–H and O–H groups in total. The van der Waals surface area contributed by atoms with Gasteiger partial charge in [0.25, 0.3) is 5.91 Å². The maximum atomic E-state index is 12.9. The summed E-state index contributed by atoms with van der Waals surface area (Å²) in [5.74, 6) is -0.0353. The number of rotatable bonds is 7. The summed E-state index contributed by atoms with van der Waals surface area (Å²) in [7, 11) is 0. The Kier molecular flexibility index (Phi) is 6.06. The van der Waals surface area contributed by atoms with Crippen molar-refractivity contribution in [1.82, 2.24) is 0 Å². The summed E-state index contributed by atoms with van der Waals surface area (Å²) < 4.78 is 64.7. The molecule has 0 saturated heterocycles. The number of amides is 1. The van der Waals surface area contributed by atoms with Crippen LogP contribution in [0, 0.1) is 5.82 Å². The van der Waals surface area contributed by atoms with E-state index < -0.39 is 18.7 Å². The second kappa shape index (κ2) is 8.68. The first-order valence-corrected chi connectivity index (χ1v) is 8.36. The highest BCUT2D eigenvalue weighted by molar-refractivity contribution is 6.02. The molecule has 3 rings (SSSR count). The molecule has 0 unspecified atom stereocenters. The van der Waals surface area contributed by atoms with Crippen LogP contribution < -0.4 is 14.8 Å². The van der Waals surface area contributed by atoms with Gasteiger partial charge in [-0.15, -0.1) is 0 Å². The number of hydrogen-bond donors (Lipinski definition) is 1. The van der Waals surface area contributed by atoms with Crippen molar-refractivity contribution < 1.29 is 36.2 Å². The second-order valence-electron chi connectivity index (χ2n) is 5.89. The van der Waals surface area contributed by atoms with Crippen LogP contribution >= 0.6 is 0 Å². The minimum atomic E-state index is -4.43. The van der Waals surface area contributed by atoms with Crippen molar-refractivity contribution in [3.63, 3.8) is 0 Å². The highest BCUT2D eigenvalue weighted by Crippen LogP contribution is 2.21. The average Bonchev–Trinajstić information content (AvgIpc) is 3.16. The first-order valence-electron chi connectivity index (χ1n) is 8.36. The van der Waals surface area contributed by atoms with Crippen molar-refractivity contribution in [1.29, 1.82) is 0 Å². The van der Waals surface area contributed by atoms with Crippen LogP contribution in [-0.4, -0.2) is 18.7 Å². The summed E-state index contributed by atoms with van der Waals surface area (Å²) >= 11 is 0. The zero-order valence-corrected chi connectivity index (χ0v) is 14.8. The van der Waals surface area contributed by atoms with Gasteiger partial charge in [-0.3, -0.25) is 4.79 Å². The molecule has 0 aliphatic carbocycles. The van der Waals surface area contributed by atoms with E-state index in [4.69, 9.17) is 9.15 Å². The zero-order valence-electron chi connectivity index (χ0n) is 14.8. The number of hydrogen-bond acceptors (Lipinski definition) is 4. The minimum absolute atomic E-state index is 0.0264. The lowest BCUT2D eigenvalue weighted by Crippen LogP contribution is -2.19. The molecule has 0 atom stereocenters. The SMILES string of the molecule is O=C(Nc1ccc(OCC(F)(F)F)cc1)c1ccc(COc2ccc(F)cc2)o1. The van der Waals surface area contributed by atoms with Gasteiger partial charge in [0, 0.05) is 5.69 Å². The summed E-state index contributed by atoms with van der Waals surface area (Å²) in [6.07, 6.45) is -4.43. The fourth-order valence-electron chi connectivity index (χ4n) is 2.26. The molecule has 152 valence electrons. The third-order valence-corrected chi connectivity index (χ3v) is 3.59. The van der Waals surface area contributed by atoms with Gasteiger partial charge in [-0.05, 0) is 60.7 Å². The molecule has 0 saturated carbocycles. The van der Waals surface area contributed by atoms with Gasteiger partial charge in [0.2, 0.25) is 0 Å². The third kappa shape index (κ3) is 6.27. The number of alkyl halides is 3. The van der Waals surface area contributed by atoms with Crippen molar-refractivity contribution in [2.24, 2.45) is 0 Å². The smallest absolute Gasteiger partial charge is 0.422 e. The monoisotopic (exact) mass is 409 g/mol. The van der Waals surface area contributed by atoms with Crippen molar-refractivity contribution in [2.45, 2.75) is 12.8 Å². The van der Waals surface area contributed by atoms with Crippen molar-refractivity contribution in [3.8, 4) is 11.5 Å². The van der Waals surface area contributed by atoms with Crippen LogP contribution in [0.2, 0.25) is 0 Å². The highest BCUT2D eigenvalue weighted by Gasteiger charge is 2.28. The van der Waals surface area contributed by atoms with Crippen molar-refractivity contribution in [2.75, 3.05) is 11.9 Å². The van der Waals surface area contributed by atoms with Gasteiger partial charge in [0.15, 0.2) is 12.4 Å². The third-order valence-electron chi connectivity index (χ3n) is 3.59. The van der Waals surface area contributed by atoms with Gasteiger partial charge in [-0.25, -0.2) is 4.39 Å². The Morgan fingerprint density at radius 1 is 0.897 bits per heavy atom. The quantitative estimate of drug-likeness (QED) is 0.546. The molecule has 1 heterocycles. The second-order valence-corrected chi connectivity index (χ2v) is 5.89. The van der Waals surface area contributed by atoms with Crippen LogP contribution in [0.25, 0.3) is 0 Å². The number of carbonyl (C=O) groups is 1. The lowest BCUT2D eigenvalue weighted by Gasteiger charge is -2.09. The fourth-order valence-corrected chi connectivity index (χ4v) is 2.26. The molecule has 2 aromatic carbocycles. The first-order chi connectivity index (χ1) is 13.8. The molecule has 0 aliphatic heterocycles. The largest absolute Gasteiger partial charge is 0.486 e. The van der Waals surface area contributed by atoms with Gasteiger partial charge in [-0.2, -0.15) is 13.2 Å². The molecule has 3 aromatic rings. The van der Waals surface area contributed by atoms with Crippen LogP contribution in [0.5, 0.6) is 11.5 Å². The van der Waals surface area contributed by atoms with Crippen molar-refractivity contribution in [3.05, 3.63) is 78.0 Å². The summed E-state index contributed by atoms with van der Waals surface area (Å²) in [5.41, 5.74) is 0.356. The maximum Gasteiger partial charge on any atom is 0.422 e. The van der Waals surface area contributed by atoms with Gasteiger partial charge in [0.05, 0.1) is 0 Å². The van der Waals surface area contributed by atoms with Gasteiger partial charge >= 0.3 is 6.18 Å². The van der Waals surface area contributed by atoms with E-state index >= 15 is 0 Å². The molecule has 1 amide bonds. The van der Waals surface area contributed by atoms with Crippen LogP contribution in [-0.2, 0) is 6.61 Å². The molecule has 0 spiro atoms. The Balaban J connectivity index is 1.52. The lowest BCUT2D eigenvalue weighted by atomic mass is 10.3. The summed E-state index contributed by atoms with van der Waals surface area (Å²) in [6, 6.07) is 13.9. The molecule has 1 aromatic heterocycles. The van der Waals surface area contributed by atoms with Gasteiger partial charge in [0.1, 0.15) is 29.7 Å². The standard InChI is InChI=1S/C20H15F4NO4/c21-13-1-5-15(6-2-13)27-11-17-9-10-18(29-17)19(26)25-14-3-7-16(8-4-14)28-12-20(22,23)24/h1-10H,11-12H2,(H,25,26). The zero-order chi connectivity index (χ0) is 20.9. The van der Waals surface area contributed by atoms with E-state index in [-0.39, 0.29) is 23.9 Å². The van der Waals surface area contributed by atoms with E-state index in [0.29, 0.717) is 17.2 Å².